The van der Waals surface area contributed by atoms with Crippen molar-refractivity contribution in [3.05, 3.63) is 89.4 Å². The second kappa shape index (κ2) is 5.88. The Morgan fingerprint density at radius 1 is 1.07 bits per heavy atom. The zero-order chi connectivity index (χ0) is 19.4. The van der Waals surface area contributed by atoms with Gasteiger partial charge in [-0.2, -0.15) is 5.10 Å². The highest BCUT2D eigenvalue weighted by molar-refractivity contribution is 6.09. The highest BCUT2D eigenvalue weighted by Gasteiger charge is 2.65. The molecule has 0 saturated heterocycles. The second-order valence-corrected chi connectivity index (χ2v) is 7.76. The molecular weight excluding hydrogens is 360 g/mol. The van der Waals surface area contributed by atoms with Gasteiger partial charge in [0, 0.05) is 29.4 Å². The fourth-order valence-corrected chi connectivity index (χ4v) is 4.60. The van der Waals surface area contributed by atoms with Gasteiger partial charge in [0.25, 0.3) is 0 Å². The number of hydrogen-bond acceptors (Lipinski definition) is 3. The van der Waals surface area contributed by atoms with Crippen LogP contribution < -0.4 is 5.32 Å². The molecule has 4 aromatic rings. The number of fused-ring (bicyclic) bond motifs is 3. The van der Waals surface area contributed by atoms with Gasteiger partial charge in [0.1, 0.15) is 0 Å². The zero-order valence-corrected chi connectivity index (χ0v) is 15.6. The van der Waals surface area contributed by atoms with Crippen LogP contribution in [0.1, 0.15) is 34.7 Å². The van der Waals surface area contributed by atoms with Crippen LogP contribution >= 0.6 is 0 Å². The van der Waals surface area contributed by atoms with Crippen molar-refractivity contribution < 1.29 is 4.79 Å². The van der Waals surface area contributed by atoms with Crippen molar-refractivity contribution in [3.63, 3.8) is 0 Å². The summed E-state index contributed by atoms with van der Waals surface area (Å²) in [4.78, 5) is 16.9. The summed E-state index contributed by atoms with van der Waals surface area (Å²) < 4.78 is 0. The first-order valence-electron chi connectivity index (χ1n) is 9.73. The van der Waals surface area contributed by atoms with E-state index in [4.69, 9.17) is 0 Å². The maximum atomic E-state index is 12.7. The summed E-state index contributed by atoms with van der Waals surface area (Å²) in [5, 5.41) is 11.7. The number of aromatic amines is 1. The summed E-state index contributed by atoms with van der Waals surface area (Å²) in [6.45, 7) is 0. The van der Waals surface area contributed by atoms with Crippen LogP contribution in [0.5, 0.6) is 0 Å². The molecule has 1 spiro atoms. The first-order valence-corrected chi connectivity index (χ1v) is 9.73. The van der Waals surface area contributed by atoms with Crippen LogP contribution in [0.3, 0.4) is 0 Å². The van der Waals surface area contributed by atoms with E-state index in [1.165, 1.54) is 5.56 Å². The number of carbonyl (C=O) groups excluding carboxylic acids is 1. The van der Waals surface area contributed by atoms with Crippen LogP contribution in [0.2, 0.25) is 0 Å². The van der Waals surface area contributed by atoms with Gasteiger partial charge in [0.05, 0.1) is 16.6 Å². The van der Waals surface area contributed by atoms with E-state index in [-0.39, 0.29) is 11.8 Å². The van der Waals surface area contributed by atoms with Crippen molar-refractivity contribution in [2.45, 2.75) is 17.8 Å². The second-order valence-electron chi connectivity index (χ2n) is 7.76. The molecule has 2 aliphatic rings. The van der Waals surface area contributed by atoms with Crippen LogP contribution in [-0.4, -0.2) is 21.1 Å². The number of aromatic nitrogens is 3. The van der Waals surface area contributed by atoms with E-state index in [9.17, 15) is 4.79 Å². The first kappa shape index (κ1) is 16.2. The maximum absolute atomic E-state index is 12.7. The van der Waals surface area contributed by atoms with Crippen molar-refractivity contribution in [1.82, 2.24) is 15.2 Å². The van der Waals surface area contributed by atoms with Crippen LogP contribution in [0.15, 0.2) is 67.0 Å². The van der Waals surface area contributed by atoms with Crippen molar-refractivity contribution in [2.24, 2.45) is 0 Å². The van der Waals surface area contributed by atoms with Gasteiger partial charge in [-0.3, -0.25) is 14.9 Å². The normalized spacial score (nSPS) is 22.3. The number of H-pyrrole nitrogens is 1. The minimum Gasteiger partial charge on any atom is -0.325 e. The molecule has 2 aromatic carbocycles. The van der Waals surface area contributed by atoms with Crippen LogP contribution in [0.4, 0.5) is 5.69 Å². The molecule has 1 saturated carbocycles. The lowest BCUT2D eigenvalue weighted by Crippen LogP contribution is -2.20. The molecule has 1 aliphatic carbocycles. The topological polar surface area (TPSA) is 70.7 Å². The number of benzene rings is 2. The maximum Gasteiger partial charge on any atom is 0.235 e. The average Bonchev–Trinajstić information content (AvgIpc) is 3.29. The summed E-state index contributed by atoms with van der Waals surface area (Å²) in [6, 6.07) is 18.3. The molecule has 3 heterocycles. The Bertz CT molecular complexity index is 1290. The van der Waals surface area contributed by atoms with Gasteiger partial charge < -0.3 is 5.32 Å². The molecule has 1 fully saturated rings. The Labute approximate surface area is 167 Å². The molecule has 5 heteroatoms. The molecule has 2 atom stereocenters. The van der Waals surface area contributed by atoms with E-state index < -0.39 is 5.41 Å². The lowest BCUT2D eigenvalue weighted by molar-refractivity contribution is -0.118. The fraction of sp³-hybridized carbons (Fsp3) is 0.125. The molecule has 0 radical (unpaired) electrons. The Hall–Kier alpha value is -3.73. The Kier molecular flexibility index (Phi) is 3.29. The monoisotopic (exact) mass is 378 g/mol. The smallest absolute Gasteiger partial charge is 0.235 e. The van der Waals surface area contributed by atoms with Gasteiger partial charge in [-0.05, 0) is 47.4 Å². The highest BCUT2D eigenvalue weighted by Crippen LogP contribution is 2.64. The Morgan fingerprint density at radius 3 is 2.90 bits per heavy atom. The number of rotatable bonds is 3. The van der Waals surface area contributed by atoms with Gasteiger partial charge in [0.15, 0.2) is 0 Å². The molecule has 1 amide bonds. The third-order valence-electron chi connectivity index (χ3n) is 6.16. The average molecular weight is 378 g/mol. The van der Waals surface area contributed by atoms with E-state index in [0.717, 1.165) is 39.8 Å². The predicted octanol–water partition coefficient (Wildman–Crippen LogP) is 4.51. The van der Waals surface area contributed by atoms with Crippen LogP contribution in [0.25, 0.3) is 23.1 Å². The fourth-order valence-electron chi connectivity index (χ4n) is 4.60. The summed E-state index contributed by atoms with van der Waals surface area (Å²) in [7, 11) is 0. The Morgan fingerprint density at radius 2 is 2.00 bits per heavy atom. The number of pyridine rings is 1. The zero-order valence-electron chi connectivity index (χ0n) is 15.6. The third-order valence-corrected chi connectivity index (χ3v) is 6.16. The van der Waals surface area contributed by atoms with E-state index in [1.54, 1.807) is 6.20 Å². The van der Waals surface area contributed by atoms with Crippen molar-refractivity contribution in [1.29, 1.82) is 0 Å². The summed E-state index contributed by atoms with van der Waals surface area (Å²) in [5.41, 5.74) is 5.76. The largest absolute Gasteiger partial charge is 0.325 e. The predicted molar refractivity (Wildman–Crippen MR) is 113 cm³/mol. The summed E-state index contributed by atoms with van der Waals surface area (Å²) in [5.74, 6) is 0.321. The minimum absolute atomic E-state index is 0.119. The van der Waals surface area contributed by atoms with Crippen LogP contribution in [-0.2, 0) is 10.2 Å². The van der Waals surface area contributed by atoms with Crippen molar-refractivity contribution >= 4 is 34.6 Å². The molecule has 29 heavy (non-hydrogen) atoms. The number of anilines is 1. The molecule has 2 aromatic heterocycles. The van der Waals surface area contributed by atoms with Crippen molar-refractivity contribution in [3.8, 4) is 0 Å². The van der Waals surface area contributed by atoms with E-state index >= 15 is 0 Å². The van der Waals surface area contributed by atoms with E-state index in [1.807, 2.05) is 48.7 Å². The molecule has 6 rings (SSSR count). The van der Waals surface area contributed by atoms with Gasteiger partial charge in [-0.1, -0.05) is 42.5 Å². The lowest BCUT2D eigenvalue weighted by Gasteiger charge is -2.08. The molecule has 1 aliphatic heterocycles. The van der Waals surface area contributed by atoms with E-state index in [2.05, 4.69) is 44.8 Å². The van der Waals surface area contributed by atoms with Gasteiger partial charge in [0.2, 0.25) is 5.91 Å². The number of para-hydroxylation sites is 1. The standard InChI is InChI=1S/C24H18N4O/c29-23-24(18-5-1-2-6-21(18)26-23)13-19(24)16-8-9-17-20(27-28-22(17)12-16)10-7-15-4-3-11-25-14-15/h1-12,14,19H,13H2,(H,26,29)(H,27,28)/b10-7+/t19?,24-/m0/s1. The lowest BCUT2D eigenvalue weighted by atomic mass is 9.92. The van der Waals surface area contributed by atoms with Crippen LogP contribution in [0, 0.1) is 0 Å². The molecule has 140 valence electrons. The van der Waals surface area contributed by atoms with E-state index in [0.29, 0.717) is 0 Å². The molecule has 1 unspecified atom stereocenters. The quantitative estimate of drug-likeness (QED) is 0.551. The molecule has 5 nitrogen and oxygen atoms in total. The summed E-state index contributed by atoms with van der Waals surface area (Å²) in [6.07, 6.45) is 8.43. The molecular formula is C24H18N4O. The highest BCUT2D eigenvalue weighted by atomic mass is 16.2. The SMILES string of the molecule is O=C1Nc2ccccc2[C@]12CC2c1ccc2c(/C=C/c3cccnc3)n[nH]c2c1. The number of hydrogen-bond donors (Lipinski definition) is 2. The van der Waals surface area contributed by atoms with Gasteiger partial charge in [-0.25, -0.2) is 0 Å². The number of carbonyl (C=O) groups is 1. The molecule has 2 N–H and O–H groups in total. The number of amides is 1. The van der Waals surface area contributed by atoms with Gasteiger partial charge in [-0.15, -0.1) is 0 Å². The van der Waals surface area contributed by atoms with Crippen molar-refractivity contribution in [2.75, 3.05) is 5.32 Å². The first-order chi connectivity index (χ1) is 14.3. The third kappa shape index (κ3) is 2.37. The number of nitrogens with zero attached hydrogens (tertiary/aromatic N) is 2. The minimum atomic E-state index is -0.409. The Balaban J connectivity index is 1.33. The van der Waals surface area contributed by atoms with Gasteiger partial charge >= 0.3 is 0 Å². The number of nitrogens with one attached hydrogen (secondary N) is 2. The summed E-state index contributed by atoms with van der Waals surface area (Å²) >= 11 is 0. The molecule has 0 bridgehead atoms.